The van der Waals surface area contributed by atoms with Crippen LogP contribution in [0.15, 0.2) is 30.3 Å². The molecule has 1 N–H and O–H groups in total. The van der Waals surface area contributed by atoms with Crippen LogP contribution in [0, 0.1) is 5.41 Å². The van der Waals surface area contributed by atoms with Gasteiger partial charge in [-0.3, -0.25) is 15.0 Å². The van der Waals surface area contributed by atoms with E-state index in [1.807, 2.05) is 44.2 Å². The zero-order chi connectivity index (χ0) is 12.5. The summed E-state index contributed by atoms with van der Waals surface area (Å²) in [5.41, 5.74) is 2.79. The van der Waals surface area contributed by atoms with E-state index < -0.39 is 5.41 Å². The molecule has 17 heavy (non-hydrogen) atoms. The topological polar surface area (TPSA) is 49.4 Å². The van der Waals surface area contributed by atoms with Crippen LogP contribution >= 0.6 is 0 Å². The number of carbonyl (C=O) groups excluding carboxylic acids is 2. The van der Waals surface area contributed by atoms with Gasteiger partial charge in [-0.25, -0.2) is 0 Å². The van der Waals surface area contributed by atoms with Gasteiger partial charge in [-0.1, -0.05) is 32.0 Å². The van der Waals surface area contributed by atoms with Gasteiger partial charge in [-0.2, -0.15) is 5.01 Å². The summed E-state index contributed by atoms with van der Waals surface area (Å²) < 4.78 is 0. The number of nitrogens with zero attached hydrogens (tertiary/aromatic N) is 1. The maximum atomic E-state index is 12.0. The number of hydrogen-bond donors (Lipinski definition) is 1. The summed E-state index contributed by atoms with van der Waals surface area (Å²) in [5.74, 6) is -0.257. The molecule has 1 fully saturated rings. The van der Waals surface area contributed by atoms with Gasteiger partial charge in [0.05, 0.1) is 5.69 Å². The number of hydrogen-bond acceptors (Lipinski definition) is 3. The minimum absolute atomic E-state index is 0.128. The molecule has 4 heteroatoms. The zero-order valence-corrected chi connectivity index (χ0v) is 10.1. The molecule has 4 nitrogen and oxygen atoms in total. The van der Waals surface area contributed by atoms with Crippen LogP contribution in [0.3, 0.4) is 0 Å². The van der Waals surface area contributed by atoms with Gasteiger partial charge in [0.2, 0.25) is 0 Å². The van der Waals surface area contributed by atoms with Crippen LogP contribution in [0.4, 0.5) is 5.69 Å². The summed E-state index contributed by atoms with van der Waals surface area (Å²) in [6.45, 7) is 3.75. The monoisotopic (exact) mass is 232 g/mol. The number of imide groups is 1. The Labute approximate surface area is 101 Å². The van der Waals surface area contributed by atoms with Crippen LogP contribution in [-0.2, 0) is 9.59 Å². The van der Waals surface area contributed by atoms with Crippen LogP contribution in [0.5, 0.6) is 0 Å². The van der Waals surface area contributed by atoms with Crippen molar-refractivity contribution >= 4 is 17.5 Å². The Kier molecular flexibility index (Phi) is 2.88. The highest BCUT2D eigenvalue weighted by Crippen LogP contribution is 2.39. The molecule has 1 aliphatic heterocycles. The first kappa shape index (κ1) is 11.6. The standard InChI is InChI=1S/C13H16N2O2/c1-3-13(4-2)11(16)15(12(13)17)14-10-8-6-5-7-9-10/h5-9,14H,3-4H2,1-2H3. The Hall–Kier alpha value is -1.84. The highest BCUT2D eigenvalue weighted by Gasteiger charge is 2.59. The third-order valence-corrected chi connectivity index (χ3v) is 3.45. The highest BCUT2D eigenvalue weighted by molar-refractivity contribution is 6.22. The number of benzene rings is 1. The third-order valence-electron chi connectivity index (χ3n) is 3.45. The van der Waals surface area contributed by atoms with Crippen molar-refractivity contribution in [2.24, 2.45) is 5.41 Å². The second kappa shape index (κ2) is 4.20. The minimum atomic E-state index is -0.790. The average molecular weight is 232 g/mol. The maximum Gasteiger partial charge on any atom is 0.263 e. The molecule has 1 aromatic carbocycles. The van der Waals surface area contributed by atoms with Gasteiger partial charge in [0.1, 0.15) is 5.41 Å². The van der Waals surface area contributed by atoms with Crippen LogP contribution in [0.25, 0.3) is 0 Å². The van der Waals surface area contributed by atoms with Crippen LogP contribution in [0.2, 0.25) is 0 Å². The number of rotatable bonds is 4. The molecule has 0 radical (unpaired) electrons. The Balaban J connectivity index is 2.12. The lowest BCUT2D eigenvalue weighted by molar-refractivity contribution is -0.175. The number of anilines is 1. The maximum absolute atomic E-state index is 12.0. The van der Waals surface area contributed by atoms with E-state index in [0.29, 0.717) is 12.8 Å². The predicted molar refractivity (Wildman–Crippen MR) is 64.9 cm³/mol. The SMILES string of the molecule is CCC1(CC)C(=O)N(Nc2ccccc2)C1=O. The predicted octanol–water partition coefficient (Wildman–Crippen LogP) is 2.19. The summed E-state index contributed by atoms with van der Waals surface area (Å²) in [5, 5.41) is 1.11. The molecular formula is C13H16N2O2. The van der Waals surface area contributed by atoms with E-state index in [0.717, 1.165) is 10.7 Å². The lowest BCUT2D eigenvalue weighted by atomic mass is 9.74. The van der Waals surface area contributed by atoms with Crippen LogP contribution in [-0.4, -0.2) is 16.8 Å². The quantitative estimate of drug-likeness (QED) is 0.639. The molecule has 90 valence electrons. The number of carbonyl (C=O) groups is 2. The summed E-state index contributed by atoms with van der Waals surface area (Å²) >= 11 is 0. The van der Waals surface area contributed by atoms with Crippen molar-refractivity contribution in [1.82, 2.24) is 5.01 Å². The number of nitrogens with one attached hydrogen (secondary N) is 1. The molecule has 2 rings (SSSR count). The number of β-lactam (4-membered cyclic amide) rings is 2. The van der Waals surface area contributed by atoms with Gasteiger partial charge in [-0.05, 0) is 25.0 Å². The van der Waals surface area contributed by atoms with Gasteiger partial charge in [-0.15, -0.1) is 0 Å². The smallest absolute Gasteiger partial charge is 0.263 e. The van der Waals surface area contributed by atoms with E-state index >= 15 is 0 Å². The molecule has 0 bridgehead atoms. The third kappa shape index (κ3) is 1.60. The van der Waals surface area contributed by atoms with Crippen LogP contribution < -0.4 is 5.43 Å². The van der Waals surface area contributed by atoms with E-state index in [1.54, 1.807) is 0 Å². The van der Waals surface area contributed by atoms with Gasteiger partial charge >= 0.3 is 0 Å². The van der Waals surface area contributed by atoms with Crippen molar-refractivity contribution in [1.29, 1.82) is 0 Å². The number of hydrazine groups is 1. The van der Waals surface area contributed by atoms with Crippen LogP contribution in [0.1, 0.15) is 26.7 Å². The van der Waals surface area contributed by atoms with E-state index in [9.17, 15) is 9.59 Å². The van der Waals surface area contributed by atoms with E-state index in [4.69, 9.17) is 0 Å². The summed E-state index contributed by atoms with van der Waals surface area (Å²) in [4.78, 5) is 24.0. The molecule has 1 heterocycles. The fourth-order valence-corrected chi connectivity index (χ4v) is 2.16. The average Bonchev–Trinajstić information content (AvgIpc) is 2.39. The zero-order valence-electron chi connectivity index (χ0n) is 10.1. The first-order chi connectivity index (χ1) is 8.15. The second-order valence-electron chi connectivity index (χ2n) is 4.21. The summed E-state index contributed by atoms with van der Waals surface area (Å²) in [7, 11) is 0. The molecule has 1 saturated heterocycles. The molecule has 0 spiro atoms. The largest absolute Gasteiger partial charge is 0.289 e. The number of para-hydroxylation sites is 1. The molecule has 0 unspecified atom stereocenters. The number of amides is 2. The van der Waals surface area contributed by atoms with Crippen molar-refractivity contribution in [3.8, 4) is 0 Å². The van der Waals surface area contributed by atoms with Gasteiger partial charge in [0.25, 0.3) is 11.8 Å². The van der Waals surface area contributed by atoms with E-state index in [-0.39, 0.29) is 11.8 Å². The van der Waals surface area contributed by atoms with Crippen molar-refractivity contribution in [3.63, 3.8) is 0 Å². The highest BCUT2D eigenvalue weighted by atomic mass is 16.2. The Morgan fingerprint density at radius 3 is 2.06 bits per heavy atom. The molecule has 0 aromatic heterocycles. The van der Waals surface area contributed by atoms with Crippen molar-refractivity contribution < 1.29 is 9.59 Å². The Morgan fingerprint density at radius 1 is 1.06 bits per heavy atom. The fourth-order valence-electron chi connectivity index (χ4n) is 2.16. The molecular weight excluding hydrogens is 216 g/mol. The van der Waals surface area contributed by atoms with Crippen molar-refractivity contribution in [2.45, 2.75) is 26.7 Å². The van der Waals surface area contributed by atoms with Crippen molar-refractivity contribution in [2.75, 3.05) is 5.43 Å². The lowest BCUT2D eigenvalue weighted by Crippen LogP contribution is -2.67. The lowest BCUT2D eigenvalue weighted by Gasteiger charge is -2.45. The van der Waals surface area contributed by atoms with Gasteiger partial charge in [0.15, 0.2) is 0 Å². The second-order valence-corrected chi connectivity index (χ2v) is 4.21. The molecule has 1 aromatic rings. The Morgan fingerprint density at radius 2 is 1.59 bits per heavy atom. The van der Waals surface area contributed by atoms with Crippen molar-refractivity contribution in [3.05, 3.63) is 30.3 Å². The molecule has 0 aliphatic carbocycles. The Bertz CT molecular complexity index is 420. The normalized spacial score (nSPS) is 17.9. The summed E-state index contributed by atoms with van der Waals surface area (Å²) in [6.07, 6.45) is 1.13. The first-order valence-corrected chi connectivity index (χ1v) is 5.86. The molecule has 0 atom stereocenters. The van der Waals surface area contributed by atoms with Gasteiger partial charge < -0.3 is 0 Å². The minimum Gasteiger partial charge on any atom is -0.289 e. The van der Waals surface area contributed by atoms with Gasteiger partial charge in [0, 0.05) is 0 Å². The molecule has 0 saturated carbocycles. The summed E-state index contributed by atoms with van der Waals surface area (Å²) in [6, 6.07) is 9.22. The van der Waals surface area contributed by atoms with E-state index in [2.05, 4.69) is 5.43 Å². The fraction of sp³-hybridized carbons (Fsp3) is 0.385. The molecule has 2 amide bonds. The molecule has 1 aliphatic rings. The van der Waals surface area contributed by atoms with E-state index in [1.165, 1.54) is 0 Å². The first-order valence-electron chi connectivity index (χ1n) is 5.86.